The molecule has 1 saturated heterocycles. The van der Waals surface area contributed by atoms with Crippen LogP contribution in [0, 0.1) is 17.8 Å². The van der Waals surface area contributed by atoms with Gasteiger partial charge in [-0.3, -0.25) is 9.88 Å². The number of hydrogen-bond acceptors (Lipinski definition) is 7. The number of ether oxygens (including phenoxy) is 3. The number of anilines is 1. The lowest BCUT2D eigenvalue weighted by atomic mass is 9.75. The molecule has 1 aromatic heterocycles. The maximum atomic E-state index is 12.3. The Morgan fingerprint density at radius 1 is 1.46 bits per heavy atom. The summed E-state index contributed by atoms with van der Waals surface area (Å²) in [5, 5.41) is 11.6. The average molecular weight is 395 g/mol. The topological polar surface area (TPSA) is 112 Å². The lowest BCUT2D eigenvalue weighted by Gasteiger charge is -2.36. The molecular weight excluding hydrogens is 366 g/mol. The van der Waals surface area contributed by atoms with E-state index in [0.717, 1.165) is 19.3 Å². The molecule has 0 aromatic carbocycles. The average Bonchev–Trinajstić information content (AvgIpc) is 3.10. The number of aliphatic hydroxyl groups is 1. The van der Waals surface area contributed by atoms with E-state index in [-0.39, 0.29) is 25.1 Å². The van der Waals surface area contributed by atoms with E-state index in [0.29, 0.717) is 17.8 Å². The van der Waals surface area contributed by atoms with Crippen LogP contribution < -0.4 is 11.0 Å². The minimum absolute atomic E-state index is 0.119. The molecule has 156 valence electrons. The van der Waals surface area contributed by atoms with Crippen molar-refractivity contribution in [1.29, 1.82) is 0 Å². The molecule has 0 unspecified atom stereocenters. The Kier molecular flexibility index (Phi) is 6.69. The summed E-state index contributed by atoms with van der Waals surface area (Å²) in [6.07, 6.45) is 2.36. The molecule has 1 aromatic rings. The van der Waals surface area contributed by atoms with Gasteiger partial charge in [0.05, 0.1) is 13.2 Å². The number of amides is 1. The summed E-state index contributed by atoms with van der Waals surface area (Å²) < 4.78 is 17.5. The first-order valence-electron chi connectivity index (χ1n) is 9.82. The molecule has 1 aliphatic heterocycles. The smallest absolute Gasteiger partial charge is 0.413 e. The van der Waals surface area contributed by atoms with Crippen molar-refractivity contribution in [3.8, 4) is 0 Å². The van der Waals surface area contributed by atoms with Crippen LogP contribution >= 0.6 is 0 Å². The summed E-state index contributed by atoms with van der Waals surface area (Å²) in [6, 6.07) is 1.50. The molecular formula is C19H29N3O6. The molecule has 1 aliphatic carbocycles. The van der Waals surface area contributed by atoms with Gasteiger partial charge in [-0.05, 0) is 36.7 Å². The minimum Gasteiger partial charge on any atom is -0.446 e. The molecule has 3 rings (SSSR count). The summed E-state index contributed by atoms with van der Waals surface area (Å²) in [4.78, 5) is 28.4. The highest BCUT2D eigenvalue weighted by atomic mass is 16.7. The predicted octanol–water partition coefficient (Wildman–Crippen LogP) is 2.12. The Hall–Kier alpha value is -1.97. The van der Waals surface area contributed by atoms with Gasteiger partial charge in [-0.2, -0.15) is 4.98 Å². The second-order valence-corrected chi connectivity index (χ2v) is 7.93. The van der Waals surface area contributed by atoms with Crippen molar-refractivity contribution >= 4 is 11.9 Å². The van der Waals surface area contributed by atoms with Gasteiger partial charge in [0, 0.05) is 6.20 Å². The minimum atomic E-state index is -0.753. The number of carbonyl (C=O) groups is 1. The van der Waals surface area contributed by atoms with Gasteiger partial charge in [-0.25, -0.2) is 9.59 Å². The van der Waals surface area contributed by atoms with Crippen LogP contribution in [0.2, 0.25) is 0 Å². The molecule has 2 fully saturated rings. The highest BCUT2D eigenvalue weighted by molar-refractivity contribution is 5.83. The van der Waals surface area contributed by atoms with E-state index >= 15 is 0 Å². The van der Waals surface area contributed by atoms with Crippen LogP contribution in [-0.4, -0.2) is 46.4 Å². The lowest BCUT2D eigenvalue weighted by Crippen LogP contribution is -2.37. The molecule has 9 heteroatoms. The lowest BCUT2D eigenvalue weighted by molar-refractivity contribution is -0.0992. The molecule has 1 amide bonds. The van der Waals surface area contributed by atoms with E-state index in [1.165, 1.54) is 16.8 Å². The Morgan fingerprint density at radius 2 is 2.25 bits per heavy atom. The molecule has 0 spiro atoms. The summed E-state index contributed by atoms with van der Waals surface area (Å²) in [5.74, 6) is 1.41. The van der Waals surface area contributed by atoms with Gasteiger partial charge >= 0.3 is 11.8 Å². The van der Waals surface area contributed by atoms with Crippen molar-refractivity contribution in [2.75, 3.05) is 18.5 Å². The number of nitrogens with one attached hydrogen (secondary N) is 1. The number of rotatable bonds is 5. The van der Waals surface area contributed by atoms with E-state index in [2.05, 4.69) is 31.1 Å². The fraction of sp³-hybridized carbons (Fsp3) is 0.737. The molecule has 1 saturated carbocycles. The van der Waals surface area contributed by atoms with Crippen LogP contribution in [0.1, 0.15) is 46.3 Å². The van der Waals surface area contributed by atoms with E-state index < -0.39 is 24.3 Å². The van der Waals surface area contributed by atoms with Crippen molar-refractivity contribution in [3.63, 3.8) is 0 Å². The molecule has 9 nitrogen and oxygen atoms in total. The van der Waals surface area contributed by atoms with Crippen molar-refractivity contribution in [2.24, 2.45) is 17.8 Å². The highest BCUT2D eigenvalue weighted by Gasteiger charge is 2.33. The zero-order valence-electron chi connectivity index (χ0n) is 16.5. The van der Waals surface area contributed by atoms with Crippen molar-refractivity contribution in [1.82, 2.24) is 9.55 Å². The highest BCUT2D eigenvalue weighted by Crippen LogP contribution is 2.35. The Bertz CT molecular complexity index is 737. The molecule has 0 radical (unpaired) electrons. The zero-order chi connectivity index (χ0) is 20.3. The van der Waals surface area contributed by atoms with E-state index in [9.17, 15) is 9.59 Å². The third-order valence-corrected chi connectivity index (χ3v) is 5.47. The van der Waals surface area contributed by atoms with E-state index in [4.69, 9.17) is 19.3 Å². The molecule has 5 atom stereocenters. The second-order valence-electron chi connectivity index (χ2n) is 7.93. The van der Waals surface area contributed by atoms with Gasteiger partial charge in [-0.15, -0.1) is 0 Å². The van der Waals surface area contributed by atoms with Gasteiger partial charge in [-0.1, -0.05) is 27.2 Å². The summed E-state index contributed by atoms with van der Waals surface area (Å²) >= 11 is 0. The molecule has 28 heavy (non-hydrogen) atoms. The van der Waals surface area contributed by atoms with E-state index in [1.54, 1.807) is 0 Å². The van der Waals surface area contributed by atoms with Crippen molar-refractivity contribution in [3.05, 3.63) is 22.7 Å². The van der Waals surface area contributed by atoms with Crippen LogP contribution in [0.3, 0.4) is 0 Å². The Balaban J connectivity index is 1.61. The van der Waals surface area contributed by atoms with Gasteiger partial charge in [0.25, 0.3) is 0 Å². The summed E-state index contributed by atoms with van der Waals surface area (Å²) in [6.45, 7) is 6.31. The number of aliphatic hydroxyl groups excluding tert-OH is 1. The molecule has 2 aliphatic rings. The number of carbonyl (C=O) groups excluding carboxylic acids is 1. The summed E-state index contributed by atoms with van der Waals surface area (Å²) in [5.41, 5.74) is -0.587. The third kappa shape index (κ3) is 4.89. The predicted molar refractivity (Wildman–Crippen MR) is 101 cm³/mol. The van der Waals surface area contributed by atoms with Gasteiger partial charge < -0.3 is 19.3 Å². The SMILES string of the molecule is CC(C)[C@@H]1CC[C@@H](C)C[C@H]1OC(=O)Nc1ccn([C@@H]2CO[C@H](CO)O2)c(=O)n1. The standard InChI is InChI=1S/C19H29N3O6/c1-11(2)13-5-4-12(3)8-14(13)27-19(25)21-15-6-7-22(18(24)20-15)16-10-26-17(9-23)28-16/h6-7,11-14,16-17,23H,4-5,8-10H2,1-3H3,(H,20,21,24,25)/t12-,13+,14-,16+,17+/m1/s1. The van der Waals surface area contributed by atoms with Crippen LogP contribution in [0.25, 0.3) is 0 Å². The largest absolute Gasteiger partial charge is 0.446 e. The maximum absolute atomic E-state index is 12.3. The van der Waals surface area contributed by atoms with Crippen molar-refractivity contribution in [2.45, 2.75) is 58.7 Å². The van der Waals surface area contributed by atoms with Crippen LogP contribution in [0.5, 0.6) is 0 Å². The van der Waals surface area contributed by atoms with Gasteiger partial charge in [0.15, 0.2) is 12.5 Å². The van der Waals surface area contributed by atoms with Crippen molar-refractivity contribution < 1.29 is 24.1 Å². The zero-order valence-corrected chi connectivity index (χ0v) is 16.5. The quantitative estimate of drug-likeness (QED) is 0.785. The van der Waals surface area contributed by atoms with Crippen LogP contribution in [0.15, 0.2) is 17.1 Å². The Labute approximate surface area is 164 Å². The second kappa shape index (κ2) is 9.02. The van der Waals surface area contributed by atoms with Crippen LogP contribution in [-0.2, 0) is 14.2 Å². The normalized spacial score (nSPS) is 30.4. The first kappa shape index (κ1) is 20.8. The first-order valence-corrected chi connectivity index (χ1v) is 9.82. The first-order chi connectivity index (χ1) is 13.4. The monoisotopic (exact) mass is 395 g/mol. The molecule has 2 N–H and O–H groups in total. The molecule has 0 bridgehead atoms. The van der Waals surface area contributed by atoms with E-state index in [1.807, 2.05) is 0 Å². The van der Waals surface area contributed by atoms with Gasteiger partial charge in [0.2, 0.25) is 0 Å². The Morgan fingerprint density at radius 3 is 2.89 bits per heavy atom. The molecule has 2 heterocycles. The van der Waals surface area contributed by atoms with Gasteiger partial charge in [0.1, 0.15) is 11.9 Å². The number of aromatic nitrogens is 2. The van der Waals surface area contributed by atoms with Crippen LogP contribution in [0.4, 0.5) is 10.6 Å². The maximum Gasteiger partial charge on any atom is 0.413 e. The number of hydrogen-bond donors (Lipinski definition) is 2. The third-order valence-electron chi connectivity index (χ3n) is 5.47. The fourth-order valence-electron chi connectivity index (χ4n) is 3.91. The summed E-state index contributed by atoms with van der Waals surface area (Å²) in [7, 11) is 0. The fourth-order valence-corrected chi connectivity index (χ4v) is 3.91. The number of nitrogens with zero attached hydrogens (tertiary/aromatic N) is 2.